The van der Waals surface area contributed by atoms with E-state index in [1.165, 1.54) is 29.5 Å². The summed E-state index contributed by atoms with van der Waals surface area (Å²) in [4.78, 5) is 13.1. The molecular formula is C12H9BrN2O3S2. The van der Waals surface area contributed by atoms with Crippen molar-refractivity contribution in [1.29, 1.82) is 0 Å². The minimum atomic E-state index is -3.78. The number of hydrogen-bond donors (Lipinski definition) is 1. The quantitative estimate of drug-likeness (QED) is 0.820. The highest BCUT2D eigenvalue weighted by molar-refractivity contribution is 9.11. The first-order valence-corrected chi connectivity index (χ1v) is 8.65. The van der Waals surface area contributed by atoms with Crippen LogP contribution in [0.5, 0.6) is 0 Å². The Labute approximate surface area is 128 Å². The van der Waals surface area contributed by atoms with Crippen LogP contribution in [0.1, 0.15) is 15.2 Å². The van der Waals surface area contributed by atoms with Gasteiger partial charge in [0.1, 0.15) is 4.90 Å². The van der Waals surface area contributed by atoms with Crippen molar-refractivity contribution in [2.75, 3.05) is 5.73 Å². The minimum Gasteiger partial charge on any atom is -0.399 e. The standard InChI is InChI=1S/C12H9BrN2O3S2/c13-11-4-2-8(19-11)6-15-12(16)9-5-7(14)1-3-10(9)20(15,17)18/h1-5H,6,14H2. The average molecular weight is 373 g/mol. The van der Waals surface area contributed by atoms with Crippen molar-refractivity contribution >= 4 is 48.9 Å². The molecule has 3 rings (SSSR count). The molecule has 5 nitrogen and oxygen atoms in total. The van der Waals surface area contributed by atoms with E-state index < -0.39 is 15.9 Å². The summed E-state index contributed by atoms with van der Waals surface area (Å²) >= 11 is 4.70. The Kier molecular flexibility index (Phi) is 3.11. The highest BCUT2D eigenvalue weighted by atomic mass is 79.9. The largest absolute Gasteiger partial charge is 0.399 e. The van der Waals surface area contributed by atoms with E-state index in [9.17, 15) is 13.2 Å². The fourth-order valence-electron chi connectivity index (χ4n) is 2.04. The zero-order valence-corrected chi connectivity index (χ0v) is 13.3. The number of rotatable bonds is 2. The number of nitrogen functional groups attached to an aromatic ring is 1. The number of sulfonamides is 1. The summed E-state index contributed by atoms with van der Waals surface area (Å²) in [6, 6.07) is 7.86. The Morgan fingerprint density at radius 1 is 1.25 bits per heavy atom. The van der Waals surface area contributed by atoms with Crippen LogP contribution in [-0.4, -0.2) is 18.6 Å². The first-order chi connectivity index (χ1) is 9.39. The molecule has 2 aromatic rings. The monoisotopic (exact) mass is 372 g/mol. The maximum atomic E-state index is 12.4. The third-order valence-electron chi connectivity index (χ3n) is 2.96. The van der Waals surface area contributed by atoms with E-state index in [1.54, 1.807) is 6.07 Å². The minimum absolute atomic E-state index is 0.0207. The molecule has 104 valence electrons. The second-order valence-corrected chi connectivity index (χ2v) is 8.66. The van der Waals surface area contributed by atoms with Crippen LogP contribution in [0.3, 0.4) is 0 Å². The number of nitrogens with two attached hydrogens (primary N) is 1. The molecule has 1 amide bonds. The summed E-state index contributed by atoms with van der Waals surface area (Å²) in [5.74, 6) is -0.531. The number of halogens is 1. The Bertz CT molecular complexity index is 814. The number of nitrogens with zero attached hydrogens (tertiary/aromatic N) is 1. The van der Waals surface area contributed by atoms with Gasteiger partial charge in [0.25, 0.3) is 15.9 Å². The molecular weight excluding hydrogens is 364 g/mol. The summed E-state index contributed by atoms with van der Waals surface area (Å²) < 4.78 is 26.5. The van der Waals surface area contributed by atoms with E-state index in [2.05, 4.69) is 15.9 Å². The molecule has 0 fully saturated rings. The molecule has 0 radical (unpaired) electrons. The van der Waals surface area contributed by atoms with E-state index in [0.717, 1.165) is 13.0 Å². The predicted octanol–water partition coefficient (Wildman–Crippen LogP) is 2.44. The lowest BCUT2D eigenvalue weighted by Gasteiger charge is -2.13. The van der Waals surface area contributed by atoms with Gasteiger partial charge in [0.2, 0.25) is 0 Å². The molecule has 2 N–H and O–H groups in total. The van der Waals surface area contributed by atoms with Gasteiger partial charge in [0.05, 0.1) is 15.9 Å². The van der Waals surface area contributed by atoms with Crippen molar-refractivity contribution in [3.63, 3.8) is 0 Å². The summed E-state index contributed by atoms with van der Waals surface area (Å²) in [7, 11) is -3.78. The maximum absolute atomic E-state index is 12.4. The second-order valence-electron chi connectivity index (χ2n) is 4.28. The van der Waals surface area contributed by atoms with Crippen molar-refractivity contribution < 1.29 is 13.2 Å². The van der Waals surface area contributed by atoms with E-state index in [4.69, 9.17) is 5.73 Å². The van der Waals surface area contributed by atoms with E-state index >= 15 is 0 Å². The fourth-order valence-corrected chi connectivity index (χ4v) is 5.12. The lowest BCUT2D eigenvalue weighted by Crippen LogP contribution is -2.29. The van der Waals surface area contributed by atoms with Gasteiger partial charge in [-0.2, -0.15) is 0 Å². The third-order valence-corrected chi connectivity index (χ3v) is 6.35. The van der Waals surface area contributed by atoms with Gasteiger partial charge in [0.15, 0.2) is 0 Å². The summed E-state index contributed by atoms with van der Waals surface area (Å²) in [5.41, 5.74) is 6.12. The molecule has 1 aromatic heterocycles. The van der Waals surface area contributed by atoms with Gasteiger partial charge in [-0.3, -0.25) is 4.79 Å². The zero-order chi connectivity index (χ0) is 14.5. The smallest absolute Gasteiger partial charge is 0.269 e. The van der Waals surface area contributed by atoms with Gasteiger partial charge in [-0.25, -0.2) is 12.7 Å². The molecule has 1 aromatic carbocycles. The topological polar surface area (TPSA) is 80.5 Å². The molecule has 0 spiro atoms. The number of carbonyl (C=O) groups excluding carboxylic acids is 1. The highest BCUT2D eigenvalue weighted by Gasteiger charge is 2.41. The Morgan fingerprint density at radius 3 is 2.65 bits per heavy atom. The van der Waals surface area contributed by atoms with E-state index in [-0.39, 0.29) is 17.0 Å². The van der Waals surface area contributed by atoms with Crippen LogP contribution < -0.4 is 5.73 Å². The SMILES string of the molecule is Nc1ccc2c(c1)C(=O)N(Cc1ccc(Br)s1)S2(=O)=O. The Hall–Kier alpha value is -1.38. The highest BCUT2D eigenvalue weighted by Crippen LogP contribution is 2.34. The van der Waals surface area contributed by atoms with E-state index in [1.807, 2.05) is 6.07 Å². The van der Waals surface area contributed by atoms with Gasteiger partial charge in [-0.05, 0) is 46.3 Å². The van der Waals surface area contributed by atoms with Crippen LogP contribution in [0.4, 0.5) is 5.69 Å². The first kappa shape index (κ1) is 13.6. The number of fused-ring (bicyclic) bond motifs is 1. The molecule has 0 unspecified atom stereocenters. The van der Waals surface area contributed by atoms with Gasteiger partial charge < -0.3 is 5.73 Å². The maximum Gasteiger partial charge on any atom is 0.269 e. The molecule has 0 bridgehead atoms. The zero-order valence-electron chi connectivity index (χ0n) is 10.0. The van der Waals surface area contributed by atoms with Crippen LogP contribution in [0.15, 0.2) is 39.0 Å². The van der Waals surface area contributed by atoms with Gasteiger partial charge in [0, 0.05) is 10.6 Å². The van der Waals surface area contributed by atoms with Gasteiger partial charge in [-0.1, -0.05) is 0 Å². The number of hydrogen-bond acceptors (Lipinski definition) is 5. The number of amides is 1. The molecule has 0 saturated carbocycles. The number of carbonyl (C=O) groups is 1. The predicted molar refractivity (Wildman–Crippen MR) is 79.9 cm³/mol. The molecule has 1 aliphatic rings. The molecule has 2 heterocycles. The van der Waals surface area contributed by atoms with Crippen LogP contribution in [0.2, 0.25) is 0 Å². The van der Waals surface area contributed by atoms with Crippen LogP contribution in [-0.2, 0) is 16.6 Å². The average Bonchev–Trinajstić information content (AvgIpc) is 2.86. The molecule has 20 heavy (non-hydrogen) atoms. The fraction of sp³-hybridized carbons (Fsp3) is 0.0833. The van der Waals surface area contributed by atoms with Crippen molar-refractivity contribution in [2.45, 2.75) is 11.4 Å². The van der Waals surface area contributed by atoms with Crippen LogP contribution in [0.25, 0.3) is 0 Å². The molecule has 0 saturated heterocycles. The van der Waals surface area contributed by atoms with Gasteiger partial charge >= 0.3 is 0 Å². The lowest BCUT2D eigenvalue weighted by molar-refractivity contribution is 0.0866. The summed E-state index contributed by atoms with van der Waals surface area (Å²) in [5, 5.41) is 0. The van der Waals surface area contributed by atoms with E-state index in [0.29, 0.717) is 5.69 Å². The summed E-state index contributed by atoms with van der Waals surface area (Å²) in [6.45, 7) is 0.0337. The van der Waals surface area contributed by atoms with Crippen LogP contribution >= 0.6 is 27.3 Å². The second kappa shape index (κ2) is 4.57. The Morgan fingerprint density at radius 2 is 2.00 bits per heavy atom. The van der Waals surface area contributed by atoms with Crippen molar-refractivity contribution in [3.8, 4) is 0 Å². The molecule has 8 heteroatoms. The lowest BCUT2D eigenvalue weighted by atomic mass is 10.2. The number of benzene rings is 1. The molecule has 0 aliphatic carbocycles. The van der Waals surface area contributed by atoms with Gasteiger partial charge in [-0.15, -0.1) is 11.3 Å². The van der Waals surface area contributed by atoms with Crippen molar-refractivity contribution in [3.05, 3.63) is 44.6 Å². The third kappa shape index (κ3) is 2.04. The first-order valence-electron chi connectivity index (χ1n) is 5.60. The Balaban J connectivity index is 2.05. The normalized spacial score (nSPS) is 16.4. The van der Waals surface area contributed by atoms with Crippen molar-refractivity contribution in [1.82, 2.24) is 4.31 Å². The van der Waals surface area contributed by atoms with Crippen LogP contribution in [0, 0.1) is 0 Å². The number of anilines is 1. The molecule has 0 atom stereocenters. The van der Waals surface area contributed by atoms with Crippen molar-refractivity contribution in [2.24, 2.45) is 0 Å². The summed E-state index contributed by atoms with van der Waals surface area (Å²) in [6.07, 6.45) is 0. The molecule has 1 aliphatic heterocycles. The number of thiophene rings is 1.